The predicted molar refractivity (Wildman–Crippen MR) is 76.1 cm³/mol. The molecule has 1 unspecified atom stereocenters. The van der Waals surface area contributed by atoms with E-state index in [2.05, 4.69) is 9.84 Å². The number of carbonyl (C=O) groups is 2. The highest BCUT2D eigenvalue weighted by Gasteiger charge is 2.48. The number of benzene rings is 1. The summed E-state index contributed by atoms with van der Waals surface area (Å²) in [5.74, 6) is -1.37. The summed E-state index contributed by atoms with van der Waals surface area (Å²) in [6.07, 6.45) is -0.0951. The second-order valence-corrected chi connectivity index (χ2v) is 5.20. The number of aliphatic hydroxyl groups is 1. The molecule has 21 heavy (non-hydrogen) atoms. The summed E-state index contributed by atoms with van der Waals surface area (Å²) in [5.41, 5.74) is -1.13. The Morgan fingerprint density at radius 1 is 1.33 bits per heavy atom. The number of amides is 1. The molecule has 0 aliphatic carbocycles. The van der Waals surface area contributed by atoms with Gasteiger partial charge in [-0.15, -0.1) is 0 Å². The molecule has 1 aliphatic heterocycles. The zero-order chi connectivity index (χ0) is 15.6. The summed E-state index contributed by atoms with van der Waals surface area (Å²) in [5, 5.41) is 15.9. The Labute approximate surface area is 123 Å². The lowest BCUT2D eigenvalue weighted by molar-refractivity contribution is -0.161. The summed E-state index contributed by atoms with van der Waals surface area (Å²) >= 11 is 0. The molecule has 1 N–H and O–H groups in total. The zero-order valence-corrected chi connectivity index (χ0v) is 12.2. The number of ether oxygens (including phenoxy) is 1. The number of hydrazone groups is 1. The van der Waals surface area contributed by atoms with Crippen molar-refractivity contribution in [2.24, 2.45) is 11.0 Å². The lowest BCUT2D eigenvalue weighted by Gasteiger charge is -2.32. The highest BCUT2D eigenvalue weighted by Crippen LogP contribution is 2.36. The van der Waals surface area contributed by atoms with E-state index in [4.69, 9.17) is 0 Å². The normalized spacial score (nSPS) is 21.4. The van der Waals surface area contributed by atoms with E-state index < -0.39 is 11.7 Å². The first-order valence-corrected chi connectivity index (χ1v) is 6.68. The van der Waals surface area contributed by atoms with Gasteiger partial charge in [0.25, 0.3) is 0 Å². The number of hydrogen-bond donors (Lipinski definition) is 1. The average molecular weight is 290 g/mol. The standard InChI is InChI=1S/C15H18N2O4/c1-10(2)13(18)17-15(20,11-7-5-4-6-8-11)9-12(16-17)14(19)21-3/h4-8,10,20H,9H2,1-3H3. The van der Waals surface area contributed by atoms with Crippen LogP contribution in [0.4, 0.5) is 0 Å². The molecule has 6 nitrogen and oxygen atoms in total. The topological polar surface area (TPSA) is 79.2 Å². The molecule has 6 heteroatoms. The van der Waals surface area contributed by atoms with E-state index in [1.165, 1.54) is 7.11 Å². The van der Waals surface area contributed by atoms with Crippen molar-refractivity contribution in [1.82, 2.24) is 5.01 Å². The number of methoxy groups -OCH3 is 1. The molecule has 0 radical (unpaired) electrons. The van der Waals surface area contributed by atoms with Crippen LogP contribution in [0.3, 0.4) is 0 Å². The van der Waals surface area contributed by atoms with Crippen molar-refractivity contribution >= 4 is 17.6 Å². The first-order valence-electron chi connectivity index (χ1n) is 6.68. The fourth-order valence-corrected chi connectivity index (χ4v) is 2.18. The first-order chi connectivity index (χ1) is 9.90. The highest BCUT2D eigenvalue weighted by molar-refractivity contribution is 6.37. The van der Waals surface area contributed by atoms with Crippen molar-refractivity contribution in [3.8, 4) is 0 Å². The Morgan fingerprint density at radius 2 is 1.95 bits per heavy atom. The van der Waals surface area contributed by atoms with Gasteiger partial charge in [0.1, 0.15) is 0 Å². The van der Waals surface area contributed by atoms with Crippen molar-refractivity contribution in [3.63, 3.8) is 0 Å². The second kappa shape index (κ2) is 5.65. The molecule has 1 aliphatic rings. The van der Waals surface area contributed by atoms with Crippen molar-refractivity contribution in [1.29, 1.82) is 0 Å². The maximum Gasteiger partial charge on any atom is 0.354 e. The Morgan fingerprint density at radius 3 is 2.48 bits per heavy atom. The van der Waals surface area contributed by atoms with Crippen LogP contribution in [0.5, 0.6) is 0 Å². The summed E-state index contributed by atoms with van der Waals surface area (Å²) < 4.78 is 4.63. The molecule has 1 atom stereocenters. The van der Waals surface area contributed by atoms with Gasteiger partial charge in [-0.1, -0.05) is 44.2 Å². The lowest BCUT2D eigenvalue weighted by Crippen LogP contribution is -2.45. The number of esters is 1. The van der Waals surface area contributed by atoms with Gasteiger partial charge in [-0.05, 0) is 0 Å². The number of hydrogen-bond acceptors (Lipinski definition) is 5. The number of rotatable bonds is 3. The summed E-state index contributed by atoms with van der Waals surface area (Å²) in [6, 6.07) is 8.69. The molecule has 1 aromatic carbocycles. The third-order valence-corrected chi connectivity index (χ3v) is 3.34. The van der Waals surface area contributed by atoms with Gasteiger partial charge in [0.05, 0.1) is 13.5 Å². The predicted octanol–water partition coefficient (Wildman–Crippen LogP) is 1.25. The van der Waals surface area contributed by atoms with E-state index in [1.807, 2.05) is 0 Å². The molecule has 112 valence electrons. The van der Waals surface area contributed by atoms with Crippen molar-refractivity contribution in [2.75, 3.05) is 7.11 Å². The van der Waals surface area contributed by atoms with E-state index in [0.29, 0.717) is 5.56 Å². The number of nitrogens with zero attached hydrogens (tertiary/aromatic N) is 2. The molecule has 0 bridgehead atoms. The average Bonchev–Trinajstić information content (AvgIpc) is 2.85. The molecule has 1 aromatic rings. The highest BCUT2D eigenvalue weighted by atomic mass is 16.5. The fourth-order valence-electron chi connectivity index (χ4n) is 2.18. The van der Waals surface area contributed by atoms with Crippen LogP contribution in [0.25, 0.3) is 0 Å². The Bertz CT molecular complexity index is 583. The van der Waals surface area contributed by atoms with Crippen LogP contribution in [0.2, 0.25) is 0 Å². The molecular weight excluding hydrogens is 272 g/mol. The first kappa shape index (κ1) is 15.2. The Hall–Kier alpha value is -2.21. The molecule has 0 aromatic heterocycles. The van der Waals surface area contributed by atoms with Gasteiger partial charge < -0.3 is 9.84 Å². The van der Waals surface area contributed by atoms with Gasteiger partial charge in [0.15, 0.2) is 11.4 Å². The van der Waals surface area contributed by atoms with E-state index in [0.717, 1.165) is 5.01 Å². The molecule has 0 fully saturated rings. The number of carbonyl (C=O) groups excluding carboxylic acids is 2. The van der Waals surface area contributed by atoms with E-state index in [9.17, 15) is 14.7 Å². The third-order valence-electron chi connectivity index (χ3n) is 3.34. The summed E-state index contributed by atoms with van der Waals surface area (Å²) in [4.78, 5) is 24.0. The molecule has 1 heterocycles. The van der Waals surface area contributed by atoms with Crippen LogP contribution in [0, 0.1) is 5.92 Å². The van der Waals surface area contributed by atoms with Gasteiger partial charge in [-0.25, -0.2) is 4.79 Å². The maximum absolute atomic E-state index is 12.3. The largest absolute Gasteiger partial charge is 0.464 e. The van der Waals surface area contributed by atoms with E-state index in [-0.39, 0.29) is 24.0 Å². The SMILES string of the molecule is COC(=O)C1=NN(C(=O)C(C)C)C(O)(c2ccccc2)C1. The van der Waals surface area contributed by atoms with Gasteiger partial charge >= 0.3 is 5.97 Å². The van der Waals surface area contributed by atoms with Crippen LogP contribution in [-0.4, -0.2) is 34.8 Å². The van der Waals surface area contributed by atoms with Crippen LogP contribution in [-0.2, 0) is 20.1 Å². The Balaban J connectivity index is 2.45. The van der Waals surface area contributed by atoms with Gasteiger partial charge in [-0.3, -0.25) is 4.79 Å². The fraction of sp³-hybridized carbons (Fsp3) is 0.400. The second-order valence-electron chi connectivity index (χ2n) is 5.20. The molecule has 0 spiro atoms. The van der Waals surface area contributed by atoms with Crippen molar-refractivity contribution < 1.29 is 19.4 Å². The van der Waals surface area contributed by atoms with E-state index in [1.54, 1.807) is 44.2 Å². The van der Waals surface area contributed by atoms with Gasteiger partial charge in [-0.2, -0.15) is 10.1 Å². The Kier molecular flexibility index (Phi) is 4.09. The van der Waals surface area contributed by atoms with Gasteiger partial charge in [0.2, 0.25) is 5.91 Å². The molecular formula is C15H18N2O4. The molecule has 0 saturated heterocycles. The van der Waals surface area contributed by atoms with Gasteiger partial charge in [0, 0.05) is 11.5 Å². The smallest absolute Gasteiger partial charge is 0.354 e. The van der Waals surface area contributed by atoms with E-state index >= 15 is 0 Å². The molecule has 1 amide bonds. The van der Waals surface area contributed by atoms with Crippen LogP contribution in [0.15, 0.2) is 35.4 Å². The van der Waals surface area contributed by atoms with Crippen LogP contribution in [0.1, 0.15) is 25.8 Å². The zero-order valence-electron chi connectivity index (χ0n) is 12.2. The minimum atomic E-state index is -1.66. The molecule has 0 saturated carbocycles. The molecule has 2 rings (SSSR count). The van der Waals surface area contributed by atoms with Crippen molar-refractivity contribution in [2.45, 2.75) is 26.0 Å². The van der Waals surface area contributed by atoms with Crippen LogP contribution < -0.4 is 0 Å². The minimum absolute atomic E-state index is 0.0258. The lowest BCUT2D eigenvalue weighted by atomic mass is 9.96. The maximum atomic E-state index is 12.3. The summed E-state index contributed by atoms with van der Waals surface area (Å²) in [6.45, 7) is 3.42. The quantitative estimate of drug-likeness (QED) is 0.850. The summed E-state index contributed by atoms with van der Waals surface area (Å²) in [7, 11) is 1.24. The van der Waals surface area contributed by atoms with Crippen molar-refractivity contribution in [3.05, 3.63) is 35.9 Å². The van der Waals surface area contributed by atoms with Crippen LogP contribution >= 0.6 is 0 Å². The minimum Gasteiger partial charge on any atom is -0.464 e. The monoisotopic (exact) mass is 290 g/mol. The third kappa shape index (κ3) is 2.67.